The Bertz CT molecular complexity index is 1220. The summed E-state index contributed by atoms with van der Waals surface area (Å²) in [5, 5.41) is 7.65. The Balaban J connectivity index is 1.61. The number of aryl methyl sites for hydroxylation is 1. The third-order valence-corrected chi connectivity index (χ3v) is 4.47. The first-order valence-corrected chi connectivity index (χ1v) is 9.22. The van der Waals surface area contributed by atoms with E-state index in [0.717, 1.165) is 5.39 Å². The summed E-state index contributed by atoms with van der Waals surface area (Å²) >= 11 is 0. The topological polar surface area (TPSA) is 89.6 Å². The van der Waals surface area contributed by atoms with Crippen molar-refractivity contribution in [2.24, 2.45) is 7.05 Å². The number of carbonyl (C=O) groups is 2. The minimum absolute atomic E-state index is 0.0943. The zero-order chi connectivity index (χ0) is 21.3. The molecule has 0 atom stereocenters. The molecule has 2 heterocycles. The average Bonchev–Trinajstić information content (AvgIpc) is 3.36. The van der Waals surface area contributed by atoms with Crippen molar-refractivity contribution in [1.82, 2.24) is 14.7 Å². The molecule has 4 rings (SSSR count). The number of hydrogen-bond donors (Lipinski definition) is 1. The number of carbonyl (C=O) groups excluding carboxylic acids is 2. The summed E-state index contributed by atoms with van der Waals surface area (Å²) < 4.78 is 13.1. The van der Waals surface area contributed by atoms with Crippen LogP contribution in [0.5, 0.6) is 11.5 Å². The molecule has 0 spiro atoms. The fourth-order valence-corrected chi connectivity index (χ4v) is 2.98. The van der Waals surface area contributed by atoms with Crippen LogP contribution in [-0.2, 0) is 7.05 Å². The number of hydrogen-bond acceptors (Lipinski definition) is 5. The van der Waals surface area contributed by atoms with Crippen molar-refractivity contribution in [3.8, 4) is 11.5 Å². The Hall–Kier alpha value is -4.07. The normalized spacial score (nSPS) is 10.8. The van der Waals surface area contributed by atoms with Gasteiger partial charge in [0.25, 0.3) is 11.8 Å². The summed E-state index contributed by atoms with van der Waals surface area (Å²) in [4.78, 5) is 26.2. The van der Waals surface area contributed by atoms with Gasteiger partial charge in [-0.05, 0) is 42.5 Å². The van der Waals surface area contributed by atoms with Crippen molar-refractivity contribution in [2.75, 3.05) is 19.4 Å². The first-order chi connectivity index (χ1) is 14.4. The maximum absolute atomic E-state index is 12.7. The number of nitrogens with one attached hydrogen (secondary N) is 1. The SMILES string of the molecule is CN(C)C(=O)c1ccc(Oc2cc(C(=O)Nc3ccn(C)n3)cc3ccoc23)cc1. The molecule has 152 valence electrons. The Kier molecular flexibility index (Phi) is 4.97. The molecule has 0 aliphatic rings. The maximum Gasteiger partial charge on any atom is 0.257 e. The lowest BCUT2D eigenvalue weighted by Crippen LogP contribution is -2.21. The van der Waals surface area contributed by atoms with Gasteiger partial charge in [-0.15, -0.1) is 0 Å². The summed E-state index contributed by atoms with van der Waals surface area (Å²) in [6, 6.07) is 13.6. The van der Waals surface area contributed by atoms with Crippen LogP contribution in [0.1, 0.15) is 20.7 Å². The molecule has 4 aromatic rings. The number of aromatic nitrogens is 2. The Morgan fingerprint density at radius 1 is 1.07 bits per heavy atom. The molecule has 0 radical (unpaired) electrons. The van der Waals surface area contributed by atoms with Crippen LogP contribution >= 0.6 is 0 Å². The van der Waals surface area contributed by atoms with Crippen LogP contribution < -0.4 is 10.1 Å². The van der Waals surface area contributed by atoms with Crippen molar-refractivity contribution < 1.29 is 18.7 Å². The molecule has 0 unspecified atom stereocenters. The van der Waals surface area contributed by atoms with E-state index in [2.05, 4.69) is 10.4 Å². The Morgan fingerprint density at radius 2 is 1.83 bits per heavy atom. The van der Waals surface area contributed by atoms with Crippen molar-refractivity contribution in [3.05, 3.63) is 72.1 Å². The van der Waals surface area contributed by atoms with Crippen molar-refractivity contribution in [2.45, 2.75) is 0 Å². The number of furan rings is 1. The predicted octanol–water partition coefficient (Wildman–Crippen LogP) is 3.91. The molecular weight excluding hydrogens is 384 g/mol. The quantitative estimate of drug-likeness (QED) is 0.545. The number of benzene rings is 2. The summed E-state index contributed by atoms with van der Waals surface area (Å²) in [6.45, 7) is 0. The van der Waals surface area contributed by atoms with Gasteiger partial charge in [-0.25, -0.2) is 0 Å². The van der Waals surface area contributed by atoms with Crippen LogP contribution in [-0.4, -0.2) is 40.6 Å². The third kappa shape index (κ3) is 3.88. The summed E-state index contributed by atoms with van der Waals surface area (Å²) in [5.74, 6) is 0.968. The molecular formula is C22H20N4O4. The van der Waals surface area contributed by atoms with Crippen LogP contribution in [0.2, 0.25) is 0 Å². The van der Waals surface area contributed by atoms with Gasteiger partial charge in [0.2, 0.25) is 0 Å². The van der Waals surface area contributed by atoms with Crippen LogP contribution in [0.4, 0.5) is 5.82 Å². The van der Waals surface area contributed by atoms with Crippen molar-refractivity contribution in [1.29, 1.82) is 0 Å². The fraction of sp³-hybridized carbons (Fsp3) is 0.136. The van der Waals surface area contributed by atoms with E-state index in [4.69, 9.17) is 9.15 Å². The summed E-state index contributed by atoms with van der Waals surface area (Å²) in [7, 11) is 5.17. The number of nitrogens with zero attached hydrogens (tertiary/aromatic N) is 3. The standard InChI is InChI=1S/C22H20N4O4/c1-25(2)22(28)14-4-6-17(7-5-14)30-18-13-16(12-15-9-11-29-20(15)18)21(27)23-19-8-10-26(3)24-19/h4-13H,1-3H3,(H,23,24,27). The monoisotopic (exact) mass is 404 g/mol. The van der Waals surface area contributed by atoms with E-state index in [1.165, 1.54) is 11.2 Å². The second kappa shape index (κ2) is 7.75. The minimum atomic E-state index is -0.312. The highest BCUT2D eigenvalue weighted by atomic mass is 16.5. The highest BCUT2D eigenvalue weighted by Crippen LogP contribution is 2.32. The summed E-state index contributed by atoms with van der Waals surface area (Å²) in [5.41, 5.74) is 1.49. The number of anilines is 1. The van der Waals surface area contributed by atoms with Crippen LogP contribution in [0, 0.1) is 0 Å². The van der Waals surface area contributed by atoms with Gasteiger partial charge in [0, 0.05) is 49.9 Å². The van der Waals surface area contributed by atoms with E-state index in [9.17, 15) is 9.59 Å². The zero-order valence-corrected chi connectivity index (χ0v) is 16.7. The average molecular weight is 404 g/mol. The van der Waals surface area contributed by atoms with E-state index in [1.807, 2.05) is 0 Å². The smallest absolute Gasteiger partial charge is 0.257 e. The van der Waals surface area contributed by atoms with Gasteiger partial charge in [-0.1, -0.05) is 0 Å². The Morgan fingerprint density at radius 3 is 2.50 bits per heavy atom. The molecule has 8 heteroatoms. The van der Waals surface area contributed by atoms with Crippen LogP contribution in [0.3, 0.4) is 0 Å². The minimum Gasteiger partial charge on any atom is -0.460 e. The molecule has 0 fully saturated rings. The molecule has 8 nitrogen and oxygen atoms in total. The zero-order valence-electron chi connectivity index (χ0n) is 16.7. The van der Waals surface area contributed by atoms with Gasteiger partial charge >= 0.3 is 0 Å². The van der Waals surface area contributed by atoms with Gasteiger partial charge in [0.15, 0.2) is 17.2 Å². The number of rotatable bonds is 5. The molecule has 0 aliphatic heterocycles. The maximum atomic E-state index is 12.7. The van der Waals surface area contributed by atoms with Gasteiger partial charge in [0.05, 0.1) is 6.26 Å². The molecule has 2 amide bonds. The summed E-state index contributed by atoms with van der Waals surface area (Å²) in [6.07, 6.45) is 3.28. The van der Waals surface area contributed by atoms with E-state index < -0.39 is 0 Å². The molecule has 0 aliphatic carbocycles. The van der Waals surface area contributed by atoms with Crippen molar-refractivity contribution >= 4 is 28.6 Å². The first kappa shape index (κ1) is 19.3. The molecule has 2 aromatic heterocycles. The van der Waals surface area contributed by atoms with Gasteiger partial charge in [0.1, 0.15) is 5.75 Å². The molecule has 1 N–H and O–H groups in total. The van der Waals surface area contributed by atoms with E-state index in [1.54, 1.807) is 80.6 Å². The van der Waals surface area contributed by atoms with Gasteiger partial charge in [-0.3, -0.25) is 14.3 Å². The van der Waals surface area contributed by atoms with Crippen molar-refractivity contribution in [3.63, 3.8) is 0 Å². The Labute approximate surface area is 172 Å². The molecule has 0 saturated heterocycles. The van der Waals surface area contributed by atoms with Gasteiger partial charge in [-0.2, -0.15) is 5.10 Å². The lowest BCUT2D eigenvalue weighted by molar-refractivity contribution is 0.0827. The molecule has 2 aromatic carbocycles. The van der Waals surface area contributed by atoms with Gasteiger partial charge < -0.3 is 19.4 Å². The lowest BCUT2D eigenvalue weighted by atomic mass is 10.1. The number of amides is 2. The second-order valence-corrected chi connectivity index (χ2v) is 6.97. The van der Waals surface area contributed by atoms with Crippen LogP contribution in [0.15, 0.2) is 65.4 Å². The fourth-order valence-electron chi connectivity index (χ4n) is 2.98. The molecule has 0 saturated carbocycles. The highest BCUT2D eigenvalue weighted by Gasteiger charge is 2.16. The second-order valence-electron chi connectivity index (χ2n) is 6.97. The number of ether oxygens (including phenoxy) is 1. The van der Waals surface area contributed by atoms with E-state index in [-0.39, 0.29) is 11.8 Å². The molecule has 0 bridgehead atoms. The van der Waals surface area contributed by atoms with E-state index in [0.29, 0.717) is 34.0 Å². The first-order valence-electron chi connectivity index (χ1n) is 9.22. The molecule has 30 heavy (non-hydrogen) atoms. The number of fused-ring (bicyclic) bond motifs is 1. The largest absolute Gasteiger partial charge is 0.460 e. The third-order valence-electron chi connectivity index (χ3n) is 4.47. The lowest BCUT2D eigenvalue weighted by Gasteiger charge is -2.12. The highest BCUT2D eigenvalue weighted by molar-refractivity contribution is 6.06. The predicted molar refractivity (Wildman–Crippen MR) is 112 cm³/mol. The van der Waals surface area contributed by atoms with Crippen LogP contribution in [0.25, 0.3) is 11.0 Å². The van der Waals surface area contributed by atoms with E-state index >= 15 is 0 Å².